The number of nitrogens with zero attached hydrogens (tertiary/aromatic N) is 1. The van der Waals surface area contributed by atoms with Gasteiger partial charge in [0.15, 0.2) is 0 Å². The highest BCUT2D eigenvalue weighted by atomic mass is 35.5. The Balaban J connectivity index is 2.03. The molecule has 1 aromatic carbocycles. The lowest BCUT2D eigenvalue weighted by atomic mass is 10.0. The molecule has 1 N–H and O–H groups in total. The number of piperidine rings is 1. The Morgan fingerprint density at radius 3 is 2.77 bits per heavy atom. The third kappa shape index (κ3) is 4.97. The summed E-state index contributed by atoms with van der Waals surface area (Å²) < 4.78 is 25.0. The van der Waals surface area contributed by atoms with Crippen LogP contribution in [0.15, 0.2) is 24.3 Å². The number of sulfonamides is 1. The number of carbonyl (C=O) groups excluding carboxylic acids is 1. The van der Waals surface area contributed by atoms with Gasteiger partial charge < -0.3 is 4.90 Å². The summed E-state index contributed by atoms with van der Waals surface area (Å²) in [7, 11) is -3.25. The van der Waals surface area contributed by atoms with Crippen molar-refractivity contribution in [1.82, 2.24) is 9.62 Å². The average molecular weight is 345 g/mol. The summed E-state index contributed by atoms with van der Waals surface area (Å²) in [5, 5.41) is 0.582. The minimum atomic E-state index is -3.25. The summed E-state index contributed by atoms with van der Waals surface area (Å²) in [6, 6.07) is 7.21. The normalized spacial score (nSPS) is 19.2. The van der Waals surface area contributed by atoms with Crippen molar-refractivity contribution in [2.24, 2.45) is 0 Å². The Hall–Kier alpha value is -1.11. The molecule has 0 bridgehead atoms. The van der Waals surface area contributed by atoms with Crippen molar-refractivity contribution in [2.45, 2.75) is 31.7 Å². The molecule has 1 saturated heterocycles. The molecule has 1 heterocycles. The van der Waals surface area contributed by atoms with E-state index in [4.69, 9.17) is 11.6 Å². The van der Waals surface area contributed by atoms with Crippen molar-refractivity contribution >= 4 is 27.5 Å². The first-order valence-electron chi connectivity index (χ1n) is 7.34. The Kier molecular flexibility index (Phi) is 5.83. The number of likely N-dealkylation sites (tertiary alicyclic amines) is 1. The highest BCUT2D eigenvalue weighted by Gasteiger charge is 2.27. The van der Waals surface area contributed by atoms with E-state index in [9.17, 15) is 13.2 Å². The van der Waals surface area contributed by atoms with E-state index < -0.39 is 10.0 Å². The van der Waals surface area contributed by atoms with Crippen molar-refractivity contribution in [2.75, 3.05) is 19.3 Å². The van der Waals surface area contributed by atoms with Gasteiger partial charge in [-0.1, -0.05) is 29.8 Å². The van der Waals surface area contributed by atoms with Crippen LogP contribution in [-0.2, 0) is 21.2 Å². The number of benzene rings is 1. The lowest BCUT2D eigenvalue weighted by molar-refractivity contribution is -0.133. The summed E-state index contributed by atoms with van der Waals surface area (Å²) in [6.45, 7) is 0.937. The molecule has 1 aliphatic rings. The van der Waals surface area contributed by atoms with Gasteiger partial charge in [0.05, 0.1) is 12.7 Å². The lowest BCUT2D eigenvalue weighted by Crippen LogP contribution is -2.49. The Morgan fingerprint density at radius 1 is 1.36 bits per heavy atom. The first-order valence-corrected chi connectivity index (χ1v) is 9.61. The Labute approximate surface area is 136 Å². The predicted molar refractivity (Wildman–Crippen MR) is 87.4 cm³/mol. The largest absolute Gasteiger partial charge is 0.338 e. The number of carbonyl (C=O) groups is 1. The van der Waals surface area contributed by atoms with E-state index in [2.05, 4.69) is 4.72 Å². The first-order chi connectivity index (χ1) is 10.4. The second-order valence-corrected chi connectivity index (χ2v) is 7.87. The molecule has 0 unspecified atom stereocenters. The summed E-state index contributed by atoms with van der Waals surface area (Å²) >= 11 is 6.10. The second-order valence-electron chi connectivity index (χ2n) is 5.63. The highest BCUT2D eigenvalue weighted by Crippen LogP contribution is 2.21. The topological polar surface area (TPSA) is 66.5 Å². The molecule has 0 radical (unpaired) electrons. The third-order valence-electron chi connectivity index (χ3n) is 3.83. The van der Waals surface area contributed by atoms with E-state index in [0.717, 1.165) is 31.1 Å². The third-order valence-corrected chi connectivity index (χ3v) is 4.89. The molecule has 7 heteroatoms. The molecular weight excluding hydrogens is 324 g/mol. The van der Waals surface area contributed by atoms with Crippen LogP contribution in [0.4, 0.5) is 0 Å². The predicted octanol–water partition coefficient (Wildman–Crippen LogP) is 1.81. The van der Waals surface area contributed by atoms with Gasteiger partial charge in [-0.2, -0.15) is 0 Å². The maximum absolute atomic E-state index is 12.5. The first kappa shape index (κ1) is 17.2. The number of hydrogen-bond acceptors (Lipinski definition) is 3. The van der Waals surface area contributed by atoms with E-state index in [-0.39, 0.29) is 24.9 Å². The monoisotopic (exact) mass is 344 g/mol. The maximum atomic E-state index is 12.5. The molecule has 0 aromatic heterocycles. The van der Waals surface area contributed by atoms with Crippen LogP contribution >= 0.6 is 11.6 Å². The standard InChI is InChI=1S/C15H21ClN2O3S/c1-22(20,21)17-11-13-7-4-5-9-18(13)15(19)10-12-6-2-3-8-14(12)16/h2-3,6,8,13,17H,4-5,7,9-11H2,1H3/t13-/m0/s1. The highest BCUT2D eigenvalue weighted by molar-refractivity contribution is 7.88. The molecule has 122 valence electrons. The molecule has 22 heavy (non-hydrogen) atoms. The SMILES string of the molecule is CS(=O)(=O)NC[C@@H]1CCCCN1C(=O)Cc1ccccc1Cl. The van der Waals surface area contributed by atoms with Crippen LogP contribution in [0.3, 0.4) is 0 Å². The van der Waals surface area contributed by atoms with E-state index in [0.29, 0.717) is 11.6 Å². The van der Waals surface area contributed by atoms with E-state index >= 15 is 0 Å². The average Bonchev–Trinajstić information content (AvgIpc) is 2.47. The molecular formula is C15H21ClN2O3S. The zero-order valence-electron chi connectivity index (χ0n) is 12.6. The van der Waals surface area contributed by atoms with Crippen LogP contribution in [0, 0.1) is 0 Å². The van der Waals surface area contributed by atoms with E-state index in [1.165, 1.54) is 0 Å². The van der Waals surface area contributed by atoms with Crippen LogP contribution in [0.5, 0.6) is 0 Å². The van der Waals surface area contributed by atoms with Gasteiger partial charge in [0.25, 0.3) is 0 Å². The zero-order valence-corrected chi connectivity index (χ0v) is 14.2. The molecule has 1 aliphatic heterocycles. The van der Waals surface area contributed by atoms with Gasteiger partial charge in [0, 0.05) is 24.2 Å². The Morgan fingerprint density at radius 2 is 2.09 bits per heavy atom. The number of rotatable bonds is 5. The van der Waals surface area contributed by atoms with Crippen molar-refractivity contribution in [3.63, 3.8) is 0 Å². The van der Waals surface area contributed by atoms with Gasteiger partial charge in [-0.05, 0) is 30.9 Å². The molecule has 5 nitrogen and oxygen atoms in total. The van der Waals surface area contributed by atoms with Crippen molar-refractivity contribution in [3.05, 3.63) is 34.9 Å². The summed E-state index contributed by atoms with van der Waals surface area (Å²) in [4.78, 5) is 14.3. The molecule has 0 aliphatic carbocycles. The second kappa shape index (κ2) is 7.44. The van der Waals surface area contributed by atoms with Gasteiger partial charge >= 0.3 is 0 Å². The quantitative estimate of drug-likeness (QED) is 0.886. The smallest absolute Gasteiger partial charge is 0.227 e. The molecule has 1 aromatic rings. The zero-order chi connectivity index (χ0) is 16.2. The lowest BCUT2D eigenvalue weighted by Gasteiger charge is -2.36. The van der Waals surface area contributed by atoms with E-state index in [1.54, 1.807) is 11.0 Å². The molecule has 1 amide bonds. The van der Waals surface area contributed by atoms with Crippen molar-refractivity contribution in [3.8, 4) is 0 Å². The van der Waals surface area contributed by atoms with Crippen LogP contribution in [0.25, 0.3) is 0 Å². The van der Waals surface area contributed by atoms with Gasteiger partial charge in [0.1, 0.15) is 0 Å². The van der Waals surface area contributed by atoms with Crippen molar-refractivity contribution < 1.29 is 13.2 Å². The molecule has 0 saturated carbocycles. The van der Waals surface area contributed by atoms with Crippen molar-refractivity contribution in [1.29, 1.82) is 0 Å². The van der Waals surface area contributed by atoms with Crippen LogP contribution in [0.2, 0.25) is 5.02 Å². The fraction of sp³-hybridized carbons (Fsp3) is 0.533. The fourth-order valence-electron chi connectivity index (χ4n) is 2.69. The number of nitrogens with one attached hydrogen (secondary N) is 1. The van der Waals surface area contributed by atoms with Crippen LogP contribution in [0.1, 0.15) is 24.8 Å². The van der Waals surface area contributed by atoms with Crippen LogP contribution < -0.4 is 4.72 Å². The molecule has 2 rings (SSSR count). The van der Waals surface area contributed by atoms with E-state index in [1.807, 2.05) is 18.2 Å². The minimum absolute atomic E-state index is 0.00639. The summed E-state index contributed by atoms with van der Waals surface area (Å²) in [5.74, 6) is -0.00639. The molecule has 1 atom stereocenters. The van der Waals surface area contributed by atoms with Gasteiger partial charge in [-0.25, -0.2) is 13.1 Å². The number of amides is 1. The number of halogens is 1. The fourth-order valence-corrected chi connectivity index (χ4v) is 3.39. The van der Waals surface area contributed by atoms with Crippen LogP contribution in [-0.4, -0.2) is 44.6 Å². The van der Waals surface area contributed by atoms with Gasteiger partial charge in [0.2, 0.25) is 15.9 Å². The summed E-state index contributed by atoms with van der Waals surface area (Å²) in [5.41, 5.74) is 0.801. The molecule has 1 fully saturated rings. The Bertz CT molecular complexity index is 633. The maximum Gasteiger partial charge on any atom is 0.227 e. The summed E-state index contributed by atoms with van der Waals surface area (Å²) in [6.07, 6.45) is 4.15. The van der Waals surface area contributed by atoms with Gasteiger partial charge in [-0.15, -0.1) is 0 Å². The minimum Gasteiger partial charge on any atom is -0.338 e. The van der Waals surface area contributed by atoms with Gasteiger partial charge in [-0.3, -0.25) is 4.79 Å². The number of hydrogen-bond donors (Lipinski definition) is 1. The molecule has 0 spiro atoms.